The first-order chi connectivity index (χ1) is 5.54. The fourth-order valence-corrected chi connectivity index (χ4v) is 0.299. The van der Waals surface area contributed by atoms with Crippen LogP contribution in [0.1, 0.15) is 13.8 Å². The van der Waals surface area contributed by atoms with Gasteiger partial charge in [0.15, 0.2) is 0 Å². The molecule has 0 aliphatic heterocycles. The zero-order valence-corrected chi connectivity index (χ0v) is 7.59. The number of carboxylic acid groups (broad SMARTS) is 1. The second-order valence-electron chi connectivity index (χ2n) is 1.88. The highest BCUT2D eigenvalue weighted by Gasteiger charge is 1.93. The van der Waals surface area contributed by atoms with Crippen LogP contribution in [0.3, 0.4) is 0 Å². The number of likely N-dealkylation sites (N-methyl/N-ethyl adjacent to an activating group) is 1. The molecular weight excluding hydrogens is 162 g/mol. The van der Waals surface area contributed by atoms with Crippen LogP contribution < -0.4 is 5.32 Å². The number of ether oxygens (including phenoxy) is 1. The minimum Gasteiger partial charge on any atom is -0.481 e. The lowest BCUT2D eigenvalue weighted by Crippen LogP contribution is -2.23. The number of carbonyl (C=O) groups excluding carboxylic acids is 1. The van der Waals surface area contributed by atoms with Crippen molar-refractivity contribution in [2.45, 2.75) is 13.8 Å². The summed E-state index contributed by atoms with van der Waals surface area (Å²) in [5.74, 6) is -1.05. The number of nitrogens with one attached hydrogen (secondary N) is 1. The van der Waals surface area contributed by atoms with Crippen LogP contribution in [0.5, 0.6) is 0 Å². The Hall–Kier alpha value is -1.10. The molecule has 0 aliphatic carbocycles. The predicted octanol–water partition coefficient (Wildman–Crippen LogP) is -0.140. The molecule has 5 heteroatoms. The van der Waals surface area contributed by atoms with Crippen molar-refractivity contribution in [1.82, 2.24) is 5.32 Å². The number of aliphatic carboxylic acids is 1. The lowest BCUT2D eigenvalue weighted by molar-refractivity contribution is -0.139. The summed E-state index contributed by atoms with van der Waals surface area (Å²) in [4.78, 5) is 19.3. The summed E-state index contributed by atoms with van der Waals surface area (Å²) < 4.78 is 4.35. The van der Waals surface area contributed by atoms with E-state index in [1.54, 1.807) is 0 Å². The summed E-state index contributed by atoms with van der Waals surface area (Å²) in [6.07, 6.45) is 0. The Balaban J connectivity index is 0. The van der Waals surface area contributed by atoms with Gasteiger partial charge in [-0.15, -0.1) is 0 Å². The second-order valence-corrected chi connectivity index (χ2v) is 1.88. The maximum absolute atomic E-state index is 10.3. The highest BCUT2D eigenvalue weighted by molar-refractivity contribution is 5.71. The molecule has 0 aromatic carbocycles. The topological polar surface area (TPSA) is 75.6 Å². The molecule has 5 nitrogen and oxygen atoms in total. The molecule has 2 N–H and O–H groups in total. The average Bonchev–Trinajstić information content (AvgIpc) is 1.99. The Labute approximate surface area is 71.7 Å². The van der Waals surface area contributed by atoms with Crippen molar-refractivity contribution in [3.63, 3.8) is 0 Å². The Bertz CT molecular complexity index is 131. The number of carbonyl (C=O) groups is 2. The maximum Gasteiger partial charge on any atom is 0.319 e. The van der Waals surface area contributed by atoms with E-state index in [-0.39, 0.29) is 5.97 Å². The zero-order valence-electron chi connectivity index (χ0n) is 7.59. The fraction of sp³-hybridized carbons (Fsp3) is 0.714. The zero-order chi connectivity index (χ0) is 9.98. The lowest BCUT2D eigenvalue weighted by atomic mass is 10.6. The summed E-state index contributed by atoms with van der Waals surface area (Å²) in [6.45, 7) is 4.13. The van der Waals surface area contributed by atoms with E-state index >= 15 is 0 Å². The van der Waals surface area contributed by atoms with Gasteiger partial charge in [-0.25, -0.2) is 0 Å². The Kier molecular flexibility index (Phi) is 11.1. The number of methoxy groups -OCH3 is 1. The quantitative estimate of drug-likeness (QED) is 0.587. The third-order valence-electron chi connectivity index (χ3n) is 0.747. The average molecular weight is 177 g/mol. The smallest absolute Gasteiger partial charge is 0.319 e. The van der Waals surface area contributed by atoms with Crippen LogP contribution in [0.15, 0.2) is 0 Å². The molecule has 0 atom stereocenters. The molecule has 0 saturated heterocycles. The van der Waals surface area contributed by atoms with Crippen molar-refractivity contribution in [3.8, 4) is 0 Å². The predicted molar refractivity (Wildman–Crippen MR) is 43.9 cm³/mol. The van der Waals surface area contributed by atoms with Crippen molar-refractivity contribution < 1.29 is 19.4 Å². The van der Waals surface area contributed by atoms with E-state index in [0.29, 0.717) is 6.54 Å². The molecule has 0 aliphatic rings. The van der Waals surface area contributed by atoms with E-state index in [2.05, 4.69) is 10.1 Å². The summed E-state index contributed by atoms with van der Waals surface area (Å²) in [7, 11) is 1.37. The third kappa shape index (κ3) is 23.1. The molecule has 0 unspecified atom stereocenters. The van der Waals surface area contributed by atoms with Crippen molar-refractivity contribution in [2.24, 2.45) is 0 Å². The van der Waals surface area contributed by atoms with Crippen LogP contribution in [-0.4, -0.2) is 37.2 Å². The number of rotatable bonds is 3. The molecule has 0 aromatic rings. The standard InChI is InChI=1S/C5H11NO2.C2H4O2/c1-3-6-4-5(7)8-2;1-2(3)4/h6H,3-4H2,1-2H3;1H3,(H,3,4). The molecule has 0 aromatic heterocycles. The van der Waals surface area contributed by atoms with Crippen molar-refractivity contribution in [2.75, 3.05) is 20.2 Å². The van der Waals surface area contributed by atoms with Crippen molar-refractivity contribution in [3.05, 3.63) is 0 Å². The van der Waals surface area contributed by atoms with E-state index in [9.17, 15) is 4.79 Å². The second kappa shape index (κ2) is 9.90. The molecular formula is C7H15NO4. The highest BCUT2D eigenvalue weighted by atomic mass is 16.5. The third-order valence-corrected chi connectivity index (χ3v) is 0.747. The number of carboxylic acids is 1. The molecule has 72 valence electrons. The summed E-state index contributed by atoms with van der Waals surface area (Å²) in [5, 5.41) is 10.2. The van der Waals surface area contributed by atoms with Gasteiger partial charge in [-0.05, 0) is 6.54 Å². The van der Waals surface area contributed by atoms with Gasteiger partial charge in [0.2, 0.25) is 0 Å². The maximum atomic E-state index is 10.3. The Morgan fingerprint density at radius 3 is 2.17 bits per heavy atom. The van der Waals surface area contributed by atoms with Gasteiger partial charge in [0.05, 0.1) is 13.7 Å². The highest BCUT2D eigenvalue weighted by Crippen LogP contribution is 1.66. The lowest BCUT2D eigenvalue weighted by Gasteiger charge is -1.96. The largest absolute Gasteiger partial charge is 0.481 e. The first-order valence-corrected chi connectivity index (χ1v) is 3.51. The van der Waals surface area contributed by atoms with Gasteiger partial charge < -0.3 is 15.2 Å². The molecule has 0 heterocycles. The van der Waals surface area contributed by atoms with Crippen molar-refractivity contribution >= 4 is 11.9 Å². The minimum absolute atomic E-state index is 0.216. The van der Waals surface area contributed by atoms with Crippen LogP contribution in [-0.2, 0) is 14.3 Å². The van der Waals surface area contributed by atoms with E-state index in [1.165, 1.54) is 7.11 Å². The molecule has 0 rings (SSSR count). The number of esters is 1. The Morgan fingerprint density at radius 1 is 1.50 bits per heavy atom. The van der Waals surface area contributed by atoms with E-state index in [1.807, 2.05) is 6.92 Å². The van der Waals surface area contributed by atoms with Crippen molar-refractivity contribution in [1.29, 1.82) is 0 Å². The molecule has 12 heavy (non-hydrogen) atoms. The van der Waals surface area contributed by atoms with Gasteiger partial charge in [-0.3, -0.25) is 9.59 Å². The van der Waals surface area contributed by atoms with Crippen LogP contribution in [0.25, 0.3) is 0 Å². The molecule has 0 bridgehead atoms. The van der Waals surface area contributed by atoms with Crippen LogP contribution >= 0.6 is 0 Å². The van der Waals surface area contributed by atoms with E-state index in [4.69, 9.17) is 9.90 Å². The van der Waals surface area contributed by atoms with Gasteiger partial charge in [0.25, 0.3) is 5.97 Å². The molecule has 0 fully saturated rings. The van der Waals surface area contributed by atoms with Crippen LogP contribution in [0.4, 0.5) is 0 Å². The minimum atomic E-state index is -0.833. The number of hydrogen-bond acceptors (Lipinski definition) is 4. The Morgan fingerprint density at radius 2 is 1.92 bits per heavy atom. The van der Waals surface area contributed by atoms with Gasteiger partial charge in [0, 0.05) is 6.92 Å². The normalized spacial score (nSPS) is 7.92. The van der Waals surface area contributed by atoms with Crippen LogP contribution in [0.2, 0.25) is 0 Å². The molecule has 0 radical (unpaired) electrons. The fourth-order valence-electron chi connectivity index (χ4n) is 0.299. The first-order valence-electron chi connectivity index (χ1n) is 3.51. The van der Waals surface area contributed by atoms with E-state index < -0.39 is 5.97 Å². The summed E-state index contributed by atoms with van der Waals surface area (Å²) in [6, 6.07) is 0. The van der Waals surface area contributed by atoms with Gasteiger partial charge in [-0.1, -0.05) is 6.92 Å². The molecule has 0 saturated carbocycles. The first kappa shape index (κ1) is 13.5. The van der Waals surface area contributed by atoms with Gasteiger partial charge in [-0.2, -0.15) is 0 Å². The monoisotopic (exact) mass is 177 g/mol. The summed E-state index contributed by atoms with van der Waals surface area (Å²) >= 11 is 0. The number of hydrogen-bond donors (Lipinski definition) is 2. The van der Waals surface area contributed by atoms with Gasteiger partial charge >= 0.3 is 5.97 Å². The van der Waals surface area contributed by atoms with Crippen LogP contribution in [0, 0.1) is 0 Å². The van der Waals surface area contributed by atoms with Gasteiger partial charge in [0.1, 0.15) is 0 Å². The molecule has 0 spiro atoms. The SMILES string of the molecule is CC(=O)O.CCNCC(=O)OC. The summed E-state index contributed by atoms with van der Waals surface area (Å²) in [5.41, 5.74) is 0. The van der Waals surface area contributed by atoms with E-state index in [0.717, 1.165) is 13.5 Å². The molecule has 0 amide bonds.